The van der Waals surface area contributed by atoms with E-state index in [-0.39, 0.29) is 0 Å². The Kier molecular flexibility index (Phi) is 8.12. The smallest absolute Gasteiger partial charge is 0.179 e. The van der Waals surface area contributed by atoms with Gasteiger partial charge in [0, 0.05) is 33.2 Å². The number of nitrogens with zero attached hydrogens (tertiary/aromatic N) is 5. The van der Waals surface area contributed by atoms with Gasteiger partial charge in [-0.25, -0.2) is 24.9 Å². The van der Waals surface area contributed by atoms with Crippen LogP contribution in [0.2, 0.25) is 0 Å². The molecule has 0 unspecified atom stereocenters. The molecule has 6 aromatic carbocycles. The number of fused-ring (bicyclic) bond motifs is 1. The van der Waals surface area contributed by atoms with Gasteiger partial charge in [0.1, 0.15) is 5.69 Å². The summed E-state index contributed by atoms with van der Waals surface area (Å²) in [7, 11) is 0. The lowest BCUT2D eigenvalue weighted by atomic mass is 9.99. The van der Waals surface area contributed by atoms with Gasteiger partial charge in [-0.05, 0) is 41.5 Å². The van der Waals surface area contributed by atoms with Gasteiger partial charge < -0.3 is 0 Å². The van der Waals surface area contributed by atoms with Crippen LogP contribution in [0.5, 0.6) is 0 Å². The summed E-state index contributed by atoms with van der Waals surface area (Å²) >= 11 is 0. The first-order valence-electron chi connectivity index (χ1n) is 17.3. The fraction of sp³-hybridized carbons (Fsp3) is 0. The predicted molar refractivity (Wildman–Crippen MR) is 211 cm³/mol. The number of hydrogen-bond donors (Lipinski definition) is 0. The Hall–Kier alpha value is -7.11. The summed E-state index contributed by atoms with van der Waals surface area (Å²) in [6.07, 6.45) is 0. The van der Waals surface area contributed by atoms with Crippen molar-refractivity contribution in [1.82, 2.24) is 24.9 Å². The van der Waals surface area contributed by atoms with Crippen LogP contribution in [0.1, 0.15) is 0 Å². The summed E-state index contributed by atoms with van der Waals surface area (Å²) in [4.78, 5) is 25.0. The van der Waals surface area contributed by atoms with Crippen molar-refractivity contribution < 1.29 is 0 Å². The first-order valence-corrected chi connectivity index (χ1v) is 17.3. The van der Waals surface area contributed by atoms with Crippen LogP contribution in [0.25, 0.3) is 90.0 Å². The van der Waals surface area contributed by atoms with Crippen molar-refractivity contribution in [1.29, 1.82) is 0 Å². The third-order valence-electron chi connectivity index (χ3n) is 9.12. The van der Waals surface area contributed by atoms with E-state index in [2.05, 4.69) is 109 Å². The summed E-state index contributed by atoms with van der Waals surface area (Å²) in [5, 5.41) is 1.08. The molecule has 244 valence electrons. The van der Waals surface area contributed by atoms with Gasteiger partial charge in [-0.2, -0.15) is 0 Å². The SMILES string of the molecule is c1ccc(-c2cc(-c3ccccc3)nc(-c3cccc(-c4ccc(-c5cc(-c6ccccc6)nc(-c6ccc7ccccc7n6)n5)cc4)c3)n2)cc1. The molecule has 0 amide bonds. The molecule has 0 N–H and O–H groups in total. The van der Waals surface area contributed by atoms with Gasteiger partial charge in [-0.15, -0.1) is 0 Å². The predicted octanol–water partition coefficient (Wildman–Crippen LogP) is 11.5. The fourth-order valence-corrected chi connectivity index (χ4v) is 6.42. The normalized spacial score (nSPS) is 11.1. The largest absolute Gasteiger partial charge is 0.244 e. The van der Waals surface area contributed by atoms with Crippen LogP contribution in [0.4, 0.5) is 0 Å². The molecule has 5 nitrogen and oxygen atoms in total. The molecule has 0 aliphatic carbocycles. The van der Waals surface area contributed by atoms with E-state index in [1.54, 1.807) is 0 Å². The van der Waals surface area contributed by atoms with Crippen molar-refractivity contribution in [2.45, 2.75) is 0 Å². The van der Waals surface area contributed by atoms with E-state index in [9.17, 15) is 0 Å². The third kappa shape index (κ3) is 6.35. The summed E-state index contributed by atoms with van der Waals surface area (Å²) in [5.41, 5.74) is 12.3. The Labute approximate surface area is 302 Å². The molecule has 0 fully saturated rings. The molecular weight excluding hydrogens is 635 g/mol. The van der Waals surface area contributed by atoms with E-state index in [1.807, 2.05) is 78.9 Å². The van der Waals surface area contributed by atoms with Crippen molar-refractivity contribution in [2.75, 3.05) is 0 Å². The number of para-hydroxylation sites is 1. The van der Waals surface area contributed by atoms with Crippen molar-refractivity contribution >= 4 is 10.9 Å². The average molecular weight is 666 g/mol. The van der Waals surface area contributed by atoms with E-state index >= 15 is 0 Å². The molecule has 0 aliphatic rings. The molecule has 9 aromatic rings. The van der Waals surface area contributed by atoms with Crippen LogP contribution in [-0.2, 0) is 0 Å². The maximum absolute atomic E-state index is 5.04. The highest BCUT2D eigenvalue weighted by molar-refractivity contribution is 5.82. The van der Waals surface area contributed by atoms with Gasteiger partial charge >= 0.3 is 0 Å². The molecule has 52 heavy (non-hydrogen) atoms. The number of hydrogen-bond acceptors (Lipinski definition) is 5. The van der Waals surface area contributed by atoms with Crippen LogP contribution in [0, 0.1) is 0 Å². The Morgan fingerprint density at radius 3 is 1.25 bits per heavy atom. The van der Waals surface area contributed by atoms with Crippen molar-refractivity contribution in [3.05, 3.63) is 188 Å². The zero-order valence-electron chi connectivity index (χ0n) is 28.1. The van der Waals surface area contributed by atoms with E-state index in [0.717, 1.165) is 78.3 Å². The van der Waals surface area contributed by atoms with Crippen LogP contribution in [0.15, 0.2) is 188 Å². The molecule has 9 rings (SSSR count). The van der Waals surface area contributed by atoms with Crippen LogP contribution < -0.4 is 0 Å². The van der Waals surface area contributed by atoms with Crippen molar-refractivity contribution in [3.63, 3.8) is 0 Å². The Morgan fingerprint density at radius 2 is 0.673 bits per heavy atom. The molecule has 3 aromatic heterocycles. The maximum atomic E-state index is 5.04. The number of rotatable bonds is 7. The Morgan fingerprint density at radius 1 is 0.231 bits per heavy atom. The zero-order valence-corrected chi connectivity index (χ0v) is 28.1. The second-order valence-corrected chi connectivity index (χ2v) is 12.6. The minimum atomic E-state index is 0.589. The highest BCUT2D eigenvalue weighted by atomic mass is 14.9. The van der Waals surface area contributed by atoms with Gasteiger partial charge in [0.2, 0.25) is 0 Å². The fourth-order valence-electron chi connectivity index (χ4n) is 6.42. The molecule has 0 atom stereocenters. The molecule has 0 saturated heterocycles. The highest BCUT2D eigenvalue weighted by Gasteiger charge is 2.14. The number of pyridine rings is 1. The summed E-state index contributed by atoms with van der Waals surface area (Å²) in [6.45, 7) is 0. The van der Waals surface area contributed by atoms with Gasteiger partial charge in [0.05, 0.1) is 28.3 Å². The zero-order chi connectivity index (χ0) is 34.7. The molecular formula is C47H31N5. The van der Waals surface area contributed by atoms with Crippen LogP contribution >= 0.6 is 0 Å². The second-order valence-electron chi connectivity index (χ2n) is 12.6. The lowest BCUT2D eigenvalue weighted by Crippen LogP contribution is -1.97. The first-order chi connectivity index (χ1) is 25.7. The second kappa shape index (κ2) is 13.7. The minimum Gasteiger partial charge on any atom is -0.244 e. The summed E-state index contributed by atoms with van der Waals surface area (Å²) < 4.78 is 0. The summed E-state index contributed by atoms with van der Waals surface area (Å²) in [6, 6.07) is 64.0. The standard InChI is InChI=1S/C47H31N5/c1-4-13-33(14-5-1)42-30-43(34-15-6-2-7-16-34)50-46(49-42)39-21-12-20-38(29-39)32-23-25-37(26-24-32)45-31-44(35-17-8-3-9-18-35)51-47(52-45)41-28-27-36-19-10-11-22-40(36)48-41/h1-31H. The van der Waals surface area contributed by atoms with Gasteiger partial charge in [0.25, 0.3) is 0 Å². The van der Waals surface area contributed by atoms with E-state index < -0.39 is 0 Å². The van der Waals surface area contributed by atoms with Gasteiger partial charge in [0.15, 0.2) is 11.6 Å². The first kappa shape index (κ1) is 30.9. The topological polar surface area (TPSA) is 64.5 Å². The molecule has 0 bridgehead atoms. The summed E-state index contributed by atoms with van der Waals surface area (Å²) in [5.74, 6) is 1.27. The van der Waals surface area contributed by atoms with Crippen LogP contribution in [0.3, 0.4) is 0 Å². The quantitative estimate of drug-likeness (QED) is 0.169. The highest BCUT2D eigenvalue weighted by Crippen LogP contribution is 2.32. The molecule has 5 heteroatoms. The van der Waals surface area contributed by atoms with E-state index in [4.69, 9.17) is 24.9 Å². The monoisotopic (exact) mass is 665 g/mol. The lowest BCUT2D eigenvalue weighted by molar-refractivity contribution is 1.16. The van der Waals surface area contributed by atoms with Gasteiger partial charge in [-0.3, -0.25) is 0 Å². The molecule has 0 aliphatic heterocycles. The Balaban J connectivity index is 1.08. The van der Waals surface area contributed by atoms with Crippen molar-refractivity contribution in [3.8, 4) is 79.1 Å². The Bertz CT molecular complexity index is 2600. The maximum Gasteiger partial charge on any atom is 0.179 e. The molecule has 0 spiro atoms. The van der Waals surface area contributed by atoms with E-state index in [0.29, 0.717) is 11.6 Å². The molecule has 3 heterocycles. The average Bonchev–Trinajstić information content (AvgIpc) is 3.24. The molecule has 0 saturated carbocycles. The van der Waals surface area contributed by atoms with Gasteiger partial charge in [-0.1, -0.05) is 158 Å². The van der Waals surface area contributed by atoms with Crippen molar-refractivity contribution in [2.24, 2.45) is 0 Å². The van der Waals surface area contributed by atoms with Crippen LogP contribution in [-0.4, -0.2) is 24.9 Å². The lowest BCUT2D eigenvalue weighted by Gasteiger charge is -2.11. The minimum absolute atomic E-state index is 0.589. The third-order valence-corrected chi connectivity index (χ3v) is 9.12. The van der Waals surface area contributed by atoms with E-state index in [1.165, 1.54) is 0 Å². The molecule has 0 radical (unpaired) electrons. The number of aromatic nitrogens is 5. The number of benzene rings is 6.